The fourth-order valence-corrected chi connectivity index (χ4v) is 3.84. The number of rotatable bonds is 5. The quantitative estimate of drug-likeness (QED) is 0.808. The fourth-order valence-electron chi connectivity index (χ4n) is 2.30. The fraction of sp³-hybridized carbons (Fsp3) is 0.429. The number of hydrogen-bond donors (Lipinski definition) is 1. The molecule has 1 saturated heterocycles. The first kappa shape index (κ1) is 16.4. The van der Waals surface area contributed by atoms with Gasteiger partial charge in [0.05, 0.1) is 23.0 Å². The number of ether oxygens (including phenoxy) is 1. The third-order valence-electron chi connectivity index (χ3n) is 3.48. The molecule has 0 spiro atoms. The summed E-state index contributed by atoms with van der Waals surface area (Å²) in [5, 5.41) is 8.96. The van der Waals surface area contributed by atoms with Crippen molar-refractivity contribution in [2.75, 3.05) is 19.7 Å². The maximum atomic E-state index is 12.5. The van der Waals surface area contributed by atoms with Crippen molar-refractivity contribution in [2.24, 2.45) is 5.92 Å². The van der Waals surface area contributed by atoms with Crippen LogP contribution in [0.3, 0.4) is 0 Å². The third-order valence-corrected chi connectivity index (χ3v) is 5.34. The van der Waals surface area contributed by atoms with Gasteiger partial charge in [0.1, 0.15) is 0 Å². The van der Waals surface area contributed by atoms with E-state index in [0.29, 0.717) is 0 Å². The van der Waals surface area contributed by atoms with Crippen molar-refractivity contribution in [2.45, 2.75) is 18.2 Å². The van der Waals surface area contributed by atoms with Crippen LogP contribution in [0.4, 0.5) is 0 Å². The van der Waals surface area contributed by atoms with Crippen molar-refractivity contribution in [3.8, 4) is 0 Å². The van der Waals surface area contributed by atoms with E-state index in [2.05, 4.69) is 0 Å². The molecule has 1 atom stereocenters. The highest BCUT2D eigenvalue weighted by molar-refractivity contribution is 7.89. The summed E-state index contributed by atoms with van der Waals surface area (Å²) in [5.74, 6) is -2.29. The number of carboxylic acids is 1. The van der Waals surface area contributed by atoms with E-state index >= 15 is 0 Å². The number of benzene rings is 1. The van der Waals surface area contributed by atoms with Crippen LogP contribution in [0.5, 0.6) is 0 Å². The first-order chi connectivity index (χ1) is 10.4. The van der Waals surface area contributed by atoms with Gasteiger partial charge in [-0.05, 0) is 31.5 Å². The van der Waals surface area contributed by atoms with Crippen LogP contribution in [0.25, 0.3) is 0 Å². The van der Waals surface area contributed by atoms with Gasteiger partial charge in [-0.1, -0.05) is 6.07 Å². The Hall–Kier alpha value is -1.93. The van der Waals surface area contributed by atoms with Crippen molar-refractivity contribution in [1.82, 2.24) is 4.31 Å². The van der Waals surface area contributed by atoms with Crippen LogP contribution in [0.2, 0.25) is 0 Å². The van der Waals surface area contributed by atoms with Crippen LogP contribution in [0, 0.1) is 5.92 Å². The van der Waals surface area contributed by atoms with E-state index in [0.717, 1.165) is 4.31 Å². The standard InChI is InChI=1S/C14H17NO6S/c1-2-21-14(18)10-4-3-5-12(8-10)22(19,20)15-7-6-11(9-15)13(16)17/h3-5,8,11H,2,6-7,9H2,1H3,(H,16,17). The maximum absolute atomic E-state index is 12.5. The molecule has 0 amide bonds. The summed E-state index contributed by atoms with van der Waals surface area (Å²) in [6.45, 7) is 1.96. The summed E-state index contributed by atoms with van der Waals surface area (Å²) in [7, 11) is -3.81. The lowest BCUT2D eigenvalue weighted by molar-refractivity contribution is -0.141. The van der Waals surface area contributed by atoms with E-state index < -0.39 is 27.9 Å². The first-order valence-electron chi connectivity index (χ1n) is 6.86. The normalized spacial score (nSPS) is 19.0. The summed E-state index contributed by atoms with van der Waals surface area (Å²) in [6, 6.07) is 5.57. The van der Waals surface area contributed by atoms with Gasteiger partial charge in [-0.15, -0.1) is 0 Å². The predicted molar refractivity (Wildman–Crippen MR) is 76.9 cm³/mol. The molecular weight excluding hydrogens is 310 g/mol. The molecule has 7 nitrogen and oxygen atoms in total. The number of nitrogens with zero attached hydrogens (tertiary/aromatic N) is 1. The Labute approximate surface area is 128 Å². The Bertz CT molecular complexity index is 684. The van der Waals surface area contributed by atoms with Crippen LogP contribution >= 0.6 is 0 Å². The summed E-state index contributed by atoms with van der Waals surface area (Å²) < 4.78 is 31.0. The number of aliphatic carboxylic acids is 1. The van der Waals surface area contributed by atoms with Crippen molar-refractivity contribution in [3.05, 3.63) is 29.8 Å². The minimum Gasteiger partial charge on any atom is -0.481 e. The second kappa shape index (κ2) is 6.45. The first-order valence-corrected chi connectivity index (χ1v) is 8.30. The van der Waals surface area contributed by atoms with Gasteiger partial charge >= 0.3 is 11.9 Å². The number of hydrogen-bond acceptors (Lipinski definition) is 5. The molecule has 1 aromatic rings. The van der Waals surface area contributed by atoms with Crippen molar-refractivity contribution >= 4 is 22.0 Å². The molecule has 1 aliphatic heterocycles. The molecular formula is C14H17NO6S. The van der Waals surface area contributed by atoms with E-state index in [1.54, 1.807) is 6.92 Å². The van der Waals surface area contributed by atoms with Crippen LogP contribution in [0.15, 0.2) is 29.2 Å². The van der Waals surface area contributed by atoms with E-state index in [1.807, 2.05) is 0 Å². The Balaban J connectivity index is 2.25. The van der Waals surface area contributed by atoms with Crippen LogP contribution in [0.1, 0.15) is 23.7 Å². The van der Waals surface area contributed by atoms with Gasteiger partial charge < -0.3 is 9.84 Å². The van der Waals surface area contributed by atoms with Gasteiger partial charge in [-0.2, -0.15) is 4.31 Å². The minimum atomic E-state index is -3.81. The minimum absolute atomic E-state index is 0.0379. The highest BCUT2D eigenvalue weighted by Crippen LogP contribution is 2.25. The van der Waals surface area contributed by atoms with Gasteiger partial charge in [0.2, 0.25) is 10.0 Å². The predicted octanol–water partition coefficient (Wildman–Crippen LogP) is 0.959. The second-order valence-electron chi connectivity index (χ2n) is 4.94. The number of carbonyl (C=O) groups excluding carboxylic acids is 1. The van der Waals surface area contributed by atoms with Crippen LogP contribution in [-0.2, 0) is 19.6 Å². The zero-order chi connectivity index (χ0) is 16.3. The van der Waals surface area contributed by atoms with E-state index in [9.17, 15) is 18.0 Å². The smallest absolute Gasteiger partial charge is 0.338 e. The summed E-state index contributed by atoms with van der Waals surface area (Å²) in [6.07, 6.45) is 0.284. The Morgan fingerprint density at radius 2 is 2.14 bits per heavy atom. The number of carbonyl (C=O) groups is 2. The molecule has 0 aliphatic carbocycles. The molecule has 8 heteroatoms. The molecule has 1 unspecified atom stereocenters. The van der Waals surface area contributed by atoms with Gasteiger partial charge in [-0.3, -0.25) is 4.79 Å². The number of carboxylic acid groups (broad SMARTS) is 1. The molecule has 1 aliphatic rings. The monoisotopic (exact) mass is 327 g/mol. The highest BCUT2D eigenvalue weighted by atomic mass is 32.2. The van der Waals surface area contributed by atoms with E-state index in [-0.39, 0.29) is 36.6 Å². The average molecular weight is 327 g/mol. The molecule has 120 valence electrons. The summed E-state index contributed by atoms with van der Waals surface area (Å²) in [4.78, 5) is 22.6. The van der Waals surface area contributed by atoms with Gasteiger partial charge in [0.25, 0.3) is 0 Å². The number of sulfonamides is 1. The van der Waals surface area contributed by atoms with Crippen molar-refractivity contribution < 1.29 is 27.9 Å². The largest absolute Gasteiger partial charge is 0.481 e. The molecule has 1 N–H and O–H groups in total. The molecule has 2 rings (SSSR count). The second-order valence-corrected chi connectivity index (χ2v) is 6.87. The topological polar surface area (TPSA) is 101 Å². The highest BCUT2D eigenvalue weighted by Gasteiger charge is 2.35. The van der Waals surface area contributed by atoms with Crippen LogP contribution < -0.4 is 0 Å². The van der Waals surface area contributed by atoms with Crippen molar-refractivity contribution in [1.29, 1.82) is 0 Å². The average Bonchev–Trinajstić information content (AvgIpc) is 2.98. The van der Waals surface area contributed by atoms with Gasteiger partial charge in [0.15, 0.2) is 0 Å². The molecule has 0 aromatic heterocycles. The van der Waals surface area contributed by atoms with Gasteiger partial charge in [-0.25, -0.2) is 13.2 Å². The van der Waals surface area contributed by atoms with Crippen LogP contribution in [-0.4, -0.2) is 49.5 Å². The zero-order valence-electron chi connectivity index (χ0n) is 12.1. The molecule has 22 heavy (non-hydrogen) atoms. The Kier molecular flexibility index (Phi) is 4.82. The number of esters is 1. The zero-order valence-corrected chi connectivity index (χ0v) is 12.9. The molecule has 0 saturated carbocycles. The lowest BCUT2D eigenvalue weighted by Crippen LogP contribution is -2.30. The summed E-state index contributed by atoms with van der Waals surface area (Å²) in [5.41, 5.74) is 0.150. The Morgan fingerprint density at radius 3 is 2.73 bits per heavy atom. The van der Waals surface area contributed by atoms with E-state index in [4.69, 9.17) is 9.84 Å². The Morgan fingerprint density at radius 1 is 1.41 bits per heavy atom. The van der Waals surface area contributed by atoms with E-state index in [1.165, 1.54) is 24.3 Å². The molecule has 1 aromatic carbocycles. The molecule has 0 bridgehead atoms. The molecule has 0 radical (unpaired) electrons. The summed E-state index contributed by atoms with van der Waals surface area (Å²) >= 11 is 0. The molecule has 1 heterocycles. The molecule has 1 fully saturated rings. The third kappa shape index (κ3) is 3.28. The van der Waals surface area contributed by atoms with Gasteiger partial charge in [0, 0.05) is 13.1 Å². The van der Waals surface area contributed by atoms with Crippen molar-refractivity contribution in [3.63, 3.8) is 0 Å². The maximum Gasteiger partial charge on any atom is 0.338 e. The lowest BCUT2D eigenvalue weighted by Gasteiger charge is -2.16. The SMILES string of the molecule is CCOC(=O)c1cccc(S(=O)(=O)N2CCC(C(=O)O)C2)c1. The lowest BCUT2D eigenvalue weighted by atomic mass is 10.1.